The van der Waals surface area contributed by atoms with Gasteiger partial charge in [-0.1, -0.05) is 12.1 Å². The summed E-state index contributed by atoms with van der Waals surface area (Å²) in [6.45, 7) is 0.760. The van der Waals surface area contributed by atoms with Gasteiger partial charge in [-0.3, -0.25) is 4.79 Å². The molecule has 1 atom stereocenters. The molecule has 108 valence electrons. The Hall–Kier alpha value is -2.30. The molecule has 0 radical (unpaired) electrons. The number of benzene rings is 1. The number of methoxy groups -OCH3 is 1. The predicted octanol–water partition coefficient (Wildman–Crippen LogP) is 1.77. The first-order chi connectivity index (χ1) is 10.3. The van der Waals surface area contributed by atoms with Crippen molar-refractivity contribution in [3.63, 3.8) is 0 Å². The Balaban J connectivity index is 1.91. The van der Waals surface area contributed by atoms with Gasteiger partial charge in [0.2, 0.25) is 5.91 Å². The molecule has 1 fully saturated rings. The van der Waals surface area contributed by atoms with E-state index in [2.05, 4.69) is 21.7 Å². The molecular weight excluding hydrogens is 266 g/mol. The van der Waals surface area contributed by atoms with E-state index in [1.807, 2.05) is 29.6 Å². The Morgan fingerprint density at radius 3 is 2.81 bits per heavy atom. The average molecular weight is 283 g/mol. The van der Waals surface area contributed by atoms with Crippen molar-refractivity contribution in [2.24, 2.45) is 0 Å². The van der Waals surface area contributed by atoms with Crippen molar-refractivity contribution in [2.45, 2.75) is 24.9 Å². The van der Waals surface area contributed by atoms with Crippen molar-refractivity contribution in [1.82, 2.24) is 14.5 Å². The number of rotatable bonds is 2. The Morgan fingerprint density at radius 2 is 2.05 bits per heavy atom. The zero-order valence-corrected chi connectivity index (χ0v) is 12.0. The molecule has 2 aromatic rings. The highest BCUT2D eigenvalue weighted by molar-refractivity contribution is 5.80. The lowest BCUT2D eigenvalue weighted by atomic mass is 9.93. The third-order valence-electron chi connectivity index (χ3n) is 4.69. The molecule has 0 spiro atoms. The second-order valence-corrected chi connectivity index (χ2v) is 5.60. The Bertz CT molecular complexity index is 692. The zero-order valence-electron chi connectivity index (χ0n) is 12.0. The van der Waals surface area contributed by atoms with Gasteiger partial charge in [-0.05, 0) is 17.7 Å². The average Bonchev–Trinajstić information content (AvgIpc) is 3.13. The number of carbonyl (C=O) groups excluding carboxylic acids is 1. The number of carbonyl (C=O) groups is 1. The van der Waals surface area contributed by atoms with E-state index in [9.17, 15) is 4.79 Å². The van der Waals surface area contributed by atoms with E-state index in [1.54, 1.807) is 7.11 Å². The Morgan fingerprint density at radius 1 is 1.24 bits per heavy atom. The van der Waals surface area contributed by atoms with Crippen molar-refractivity contribution >= 4 is 5.91 Å². The highest BCUT2D eigenvalue weighted by Crippen LogP contribution is 2.44. The van der Waals surface area contributed by atoms with Crippen LogP contribution < -0.4 is 4.74 Å². The topological polar surface area (TPSA) is 47.4 Å². The van der Waals surface area contributed by atoms with Crippen molar-refractivity contribution in [2.75, 3.05) is 13.7 Å². The van der Waals surface area contributed by atoms with Gasteiger partial charge in [0.1, 0.15) is 11.4 Å². The fraction of sp³-hybridized carbons (Fsp3) is 0.375. The van der Waals surface area contributed by atoms with Crippen LogP contribution in [0.5, 0.6) is 5.75 Å². The highest BCUT2D eigenvalue weighted by Gasteiger charge is 2.50. The van der Waals surface area contributed by atoms with Crippen LogP contribution in [0.15, 0.2) is 36.8 Å². The van der Waals surface area contributed by atoms with Gasteiger partial charge >= 0.3 is 0 Å². The second-order valence-electron chi connectivity index (χ2n) is 5.60. The van der Waals surface area contributed by atoms with Gasteiger partial charge in [-0.2, -0.15) is 0 Å². The third kappa shape index (κ3) is 1.57. The molecular formula is C16H17N3O2. The molecule has 0 N–H and O–H groups in total. The Labute approximate surface area is 123 Å². The maximum atomic E-state index is 12.3. The van der Waals surface area contributed by atoms with Gasteiger partial charge in [0.05, 0.1) is 13.4 Å². The first kappa shape index (κ1) is 12.4. The van der Waals surface area contributed by atoms with Gasteiger partial charge in [-0.15, -0.1) is 0 Å². The summed E-state index contributed by atoms with van der Waals surface area (Å²) >= 11 is 0. The van der Waals surface area contributed by atoms with Crippen LogP contribution in [0.2, 0.25) is 0 Å². The summed E-state index contributed by atoms with van der Waals surface area (Å²) in [5, 5.41) is 0. The van der Waals surface area contributed by atoms with Crippen LogP contribution in [-0.4, -0.2) is 34.0 Å². The Kier molecular flexibility index (Phi) is 2.58. The smallest absolute Gasteiger partial charge is 0.224 e. The quantitative estimate of drug-likeness (QED) is 0.844. The van der Waals surface area contributed by atoms with Crippen molar-refractivity contribution in [3.05, 3.63) is 48.0 Å². The predicted molar refractivity (Wildman–Crippen MR) is 76.9 cm³/mol. The fourth-order valence-electron chi connectivity index (χ4n) is 3.68. The molecule has 0 saturated carbocycles. The number of hydrogen-bond donors (Lipinski definition) is 0. The molecule has 5 nitrogen and oxygen atoms in total. The van der Waals surface area contributed by atoms with Crippen LogP contribution in [0.25, 0.3) is 0 Å². The van der Waals surface area contributed by atoms with E-state index in [0.29, 0.717) is 6.42 Å². The molecule has 2 aliphatic rings. The van der Waals surface area contributed by atoms with Crippen LogP contribution in [0.3, 0.4) is 0 Å². The molecule has 1 amide bonds. The van der Waals surface area contributed by atoms with E-state index in [-0.39, 0.29) is 5.91 Å². The molecule has 0 bridgehead atoms. The number of ether oxygens (including phenoxy) is 1. The number of imidazole rings is 1. The first-order valence-electron chi connectivity index (χ1n) is 7.22. The van der Waals surface area contributed by atoms with Crippen LogP contribution in [0, 0.1) is 0 Å². The van der Waals surface area contributed by atoms with E-state index < -0.39 is 5.66 Å². The fourth-order valence-corrected chi connectivity index (χ4v) is 3.68. The van der Waals surface area contributed by atoms with Crippen molar-refractivity contribution < 1.29 is 9.53 Å². The molecule has 0 aliphatic carbocycles. The number of hydrogen-bond acceptors (Lipinski definition) is 3. The van der Waals surface area contributed by atoms with E-state index in [1.165, 1.54) is 5.69 Å². The molecule has 2 aliphatic heterocycles. The maximum Gasteiger partial charge on any atom is 0.224 e. The largest absolute Gasteiger partial charge is 0.497 e. The number of fused-ring (bicyclic) bond motifs is 3. The summed E-state index contributed by atoms with van der Waals surface area (Å²) in [6, 6.07) is 8.02. The molecule has 1 unspecified atom stereocenters. The second kappa shape index (κ2) is 4.35. The van der Waals surface area contributed by atoms with Gasteiger partial charge in [0.15, 0.2) is 0 Å². The van der Waals surface area contributed by atoms with Gasteiger partial charge in [-0.25, -0.2) is 4.98 Å². The summed E-state index contributed by atoms with van der Waals surface area (Å²) in [5.41, 5.74) is 1.90. The number of aromatic nitrogens is 2. The normalized spacial score (nSPS) is 23.9. The molecule has 21 heavy (non-hydrogen) atoms. The lowest BCUT2D eigenvalue weighted by Gasteiger charge is -2.44. The highest BCUT2D eigenvalue weighted by atomic mass is 16.5. The number of nitrogens with zero attached hydrogens (tertiary/aromatic N) is 3. The minimum Gasteiger partial charge on any atom is -0.497 e. The molecule has 4 rings (SSSR count). The summed E-state index contributed by atoms with van der Waals surface area (Å²) in [6.07, 6.45) is 6.00. The van der Waals surface area contributed by atoms with E-state index in [4.69, 9.17) is 4.74 Å². The lowest BCUT2D eigenvalue weighted by molar-refractivity contribution is -0.133. The van der Waals surface area contributed by atoms with Crippen LogP contribution in [0.4, 0.5) is 0 Å². The van der Waals surface area contributed by atoms with Crippen LogP contribution in [0.1, 0.15) is 24.1 Å². The first-order valence-corrected chi connectivity index (χ1v) is 7.22. The summed E-state index contributed by atoms with van der Waals surface area (Å²) < 4.78 is 7.41. The van der Waals surface area contributed by atoms with Crippen LogP contribution in [-0.2, 0) is 16.9 Å². The summed E-state index contributed by atoms with van der Waals surface area (Å²) in [4.78, 5) is 18.6. The molecule has 3 heterocycles. The minimum absolute atomic E-state index is 0.227. The lowest BCUT2D eigenvalue weighted by Crippen LogP contribution is -2.53. The minimum atomic E-state index is -0.409. The van der Waals surface area contributed by atoms with Crippen molar-refractivity contribution in [3.8, 4) is 5.75 Å². The monoisotopic (exact) mass is 283 g/mol. The summed E-state index contributed by atoms with van der Waals surface area (Å²) in [7, 11) is 1.66. The van der Waals surface area contributed by atoms with E-state index in [0.717, 1.165) is 30.7 Å². The van der Waals surface area contributed by atoms with Crippen molar-refractivity contribution in [1.29, 1.82) is 0 Å². The SMILES string of the molecule is COc1ccc(C23CCC(=O)N2CCc2cncn23)cc1. The third-order valence-corrected chi connectivity index (χ3v) is 4.69. The van der Waals surface area contributed by atoms with Gasteiger partial charge in [0, 0.05) is 37.7 Å². The van der Waals surface area contributed by atoms with E-state index >= 15 is 0 Å². The van der Waals surface area contributed by atoms with Crippen LogP contribution >= 0.6 is 0 Å². The summed E-state index contributed by atoms with van der Waals surface area (Å²) in [5.74, 6) is 1.05. The molecule has 1 aromatic heterocycles. The van der Waals surface area contributed by atoms with Gasteiger partial charge < -0.3 is 14.2 Å². The molecule has 1 aromatic carbocycles. The standard InChI is InChI=1S/C16H17N3O2/c1-21-14-4-2-12(3-5-14)16-8-6-15(20)18(16)9-7-13-10-17-11-19(13)16/h2-5,10-11H,6-9H2,1H3. The molecule has 5 heteroatoms. The molecule has 1 saturated heterocycles. The zero-order chi connectivity index (χ0) is 14.4. The van der Waals surface area contributed by atoms with Gasteiger partial charge in [0.25, 0.3) is 0 Å². The number of amides is 1. The maximum absolute atomic E-state index is 12.3.